The second-order valence-corrected chi connectivity index (χ2v) is 5.99. The van der Waals surface area contributed by atoms with E-state index in [1.807, 2.05) is 29.0 Å². The maximum Gasteiger partial charge on any atom is 0.338 e. The fourth-order valence-electron chi connectivity index (χ4n) is 2.76. The number of benzene rings is 1. The fourth-order valence-corrected chi connectivity index (χ4v) is 2.76. The van der Waals surface area contributed by atoms with Crippen LogP contribution in [-0.2, 0) is 18.3 Å². The van der Waals surface area contributed by atoms with Gasteiger partial charge in [0.1, 0.15) is 5.65 Å². The summed E-state index contributed by atoms with van der Waals surface area (Å²) in [5.41, 5.74) is 2.17. The van der Waals surface area contributed by atoms with E-state index >= 15 is 0 Å². The summed E-state index contributed by atoms with van der Waals surface area (Å²) in [6.07, 6.45) is 4.32. The Kier molecular flexibility index (Phi) is 5.36. The van der Waals surface area contributed by atoms with Gasteiger partial charge in [-0.2, -0.15) is 0 Å². The summed E-state index contributed by atoms with van der Waals surface area (Å²) >= 11 is 0. The monoisotopic (exact) mass is 354 g/mol. The first-order valence-electron chi connectivity index (χ1n) is 8.61. The van der Waals surface area contributed by atoms with Crippen molar-refractivity contribution in [1.82, 2.24) is 14.1 Å². The van der Waals surface area contributed by atoms with E-state index in [9.17, 15) is 9.59 Å². The molecule has 3 aromatic rings. The molecule has 26 heavy (non-hydrogen) atoms. The van der Waals surface area contributed by atoms with E-state index in [0.29, 0.717) is 23.2 Å². The zero-order valence-electron chi connectivity index (χ0n) is 14.9. The number of esters is 1. The van der Waals surface area contributed by atoms with Gasteiger partial charge in [-0.05, 0) is 43.7 Å². The van der Waals surface area contributed by atoms with Gasteiger partial charge in [0.25, 0.3) is 5.56 Å². The number of hydrogen-bond acceptors (Lipinski definition) is 5. The Morgan fingerprint density at radius 2 is 2.00 bits per heavy atom. The van der Waals surface area contributed by atoms with Crippen molar-refractivity contribution in [3.8, 4) is 0 Å². The molecule has 0 fully saturated rings. The van der Waals surface area contributed by atoms with Crippen molar-refractivity contribution in [2.45, 2.75) is 19.9 Å². The molecule has 0 saturated carbocycles. The smallest absolute Gasteiger partial charge is 0.338 e. The first kappa shape index (κ1) is 17.7. The van der Waals surface area contributed by atoms with Gasteiger partial charge in [-0.3, -0.25) is 4.79 Å². The number of rotatable bonds is 7. The van der Waals surface area contributed by atoms with Crippen molar-refractivity contribution in [3.05, 3.63) is 58.8 Å². The minimum absolute atomic E-state index is 0.0337. The summed E-state index contributed by atoms with van der Waals surface area (Å²) in [4.78, 5) is 28.0. The van der Waals surface area contributed by atoms with Crippen LogP contribution >= 0.6 is 0 Å². The highest BCUT2D eigenvalue weighted by atomic mass is 16.5. The topological polar surface area (TPSA) is 78.1 Å². The lowest BCUT2D eigenvalue weighted by Crippen LogP contribution is -2.17. The standard InChI is InChI=1S/C19H22N4O3/c1-3-26-19(25)14-5-7-15(8-6-14)20-10-4-11-23-12-9-16-17(23)21-13-22(2)18(16)24/h5-9,12-13,20H,3-4,10-11H2,1-2H3. The number of carbonyl (C=O) groups excluding carboxylic acids is 1. The van der Waals surface area contributed by atoms with E-state index < -0.39 is 0 Å². The number of aromatic nitrogens is 3. The summed E-state index contributed by atoms with van der Waals surface area (Å²) in [7, 11) is 1.70. The average molecular weight is 354 g/mol. The molecule has 0 aliphatic rings. The number of ether oxygens (including phenoxy) is 1. The van der Waals surface area contributed by atoms with Crippen LogP contribution in [-0.4, -0.2) is 33.2 Å². The van der Waals surface area contributed by atoms with Crippen LogP contribution in [0, 0.1) is 0 Å². The van der Waals surface area contributed by atoms with Gasteiger partial charge >= 0.3 is 5.97 Å². The molecule has 0 atom stereocenters. The van der Waals surface area contributed by atoms with Crippen LogP contribution in [0.15, 0.2) is 47.7 Å². The Morgan fingerprint density at radius 3 is 2.73 bits per heavy atom. The quantitative estimate of drug-likeness (QED) is 0.521. The largest absolute Gasteiger partial charge is 0.462 e. The predicted molar refractivity (Wildman–Crippen MR) is 100 cm³/mol. The van der Waals surface area contributed by atoms with Crippen molar-refractivity contribution < 1.29 is 9.53 Å². The summed E-state index contributed by atoms with van der Waals surface area (Å²) in [6, 6.07) is 9.04. The molecule has 7 heteroatoms. The molecule has 1 N–H and O–H groups in total. The van der Waals surface area contributed by atoms with E-state index in [4.69, 9.17) is 4.74 Å². The molecule has 0 saturated heterocycles. The maximum absolute atomic E-state index is 12.0. The van der Waals surface area contributed by atoms with Crippen LogP contribution in [0.1, 0.15) is 23.7 Å². The number of hydrogen-bond donors (Lipinski definition) is 1. The number of fused-ring (bicyclic) bond motifs is 1. The summed E-state index contributed by atoms with van der Waals surface area (Å²) < 4.78 is 8.44. The van der Waals surface area contributed by atoms with E-state index in [1.54, 1.807) is 32.4 Å². The van der Waals surface area contributed by atoms with Crippen LogP contribution in [0.4, 0.5) is 5.69 Å². The van der Waals surface area contributed by atoms with Gasteiger partial charge in [-0.25, -0.2) is 9.78 Å². The highest BCUT2D eigenvalue weighted by Crippen LogP contribution is 2.12. The second kappa shape index (κ2) is 7.86. The summed E-state index contributed by atoms with van der Waals surface area (Å²) in [6.45, 7) is 3.68. The van der Waals surface area contributed by atoms with Crippen LogP contribution in [0.25, 0.3) is 11.0 Å². The van der Waals surface area contributed by atoms with E-state index in [0.717, 1.165) is 25.2 Å². The Bertz CT molecular complexity index is 957. The molecule has 2 aromatic heterocycles. The lowest BCUT2D eigenvalue weighted by atomic mass is 10.2. The van der Waals surface area contributed by atoms with Gasteiger partial charge in [0.2, 0.25) is 0 Å². The molecule has 0 unspecified atom stereocenters. The van der Waals surface area contributed by atoms with Gasteiger partial charge in [0, 0.05) is 32.0 Å². The molecule has 1 aromatic carbocycles. The zero-order valence-corrected chi connectivity index (χ0v) is 14.9. The van der Waals surface area contributed by atoms with E-state index in [2.05, 4.69) is 10.3 Å². The third-order valence-electron chi connectivity index (χ3n) is 4.14. The van der Waals surface area contributed by atoms with Crippen molar-refractivity contribution in [3.63, 3.8) is 0 Å². The SMILES string of the molecule is CCOC(=O)c1ccc(NCCCn2ccc3c(=O)n(C)cnc32)cc1. The van der Waals surface area contributed by atoms with Gasteiger partial charge in [0.05, 0.1) is 23.9 Å². The van der Waals surface area contributed by atoms with E-state index in [-0.39, 0.29) is 11.5 Å². The Hall–Kier alpha value is -3.09. The van der Waals surface area contributed by atoms with Crippen LogP contribution in [0.5, 0.6) is 0 Å². The van der Waals surface area contributed by atoms with Crippen LogP contribution < -0.4 is 10.9 Å². The van der Waals surface area contributed by atoms with Crippen molar-refractivity contribution in [1.29, 1.82) is 0 Å². The predicted octanol–water partition coefficient (Wildman–Crippen LogP) is 2.41. The van der Waals surface area contributed by atoms with Crippen LogP contribution in [0.2, 0.25) is 0 Å². The first-order chi connectivity index (χ1) is 12.6. The molecule has 0 radical (unpaired) electrons. The number of anilines is 1. The molecular formula is C19H22N4O3. The second-order valence-electron chi connectivity index (χ2n) is 5.99. The molecule has 3 rings (SSSR count). The maximum atomic E-state index is 12.0. The Morgan fingerprint density at radius 1 is 1.23 bits per heavy atom. The minimum atomic E-state index is -0.308. The number of carbonyl (C=O) groups is 1. The highest BCUT2D eigenvalue weighted by Gasteiger charge is 2.07. The summed E-state index contributed by atoms with van der Waals surface area (Å²) in [5, 5.41) is 3.96. The number of nitrogens with zero attached hydrogens (tertiary/aromatic N) is 3. The number of aryl methyl sites for hydroxylation is 2. The first-order valence-corrected chi connectivity index (χ1v) is 8.61. The normalized spacial score (nSPS) is 10.8. The van der Waals surface area contributed by atoms with Gasteiger partial charge in [0.15, 0.2) is 0 Å². The third kappa shape index (κ3) is 3.77. The van der Waals surface area contributed by atoms with Gasteiger partial charge < -0.3 is 19.2 Å². The van der Waals surface area contributed by atoms with Crippen molar-refractivity contribution in [2.75, 3.05) is 18.5 Å². The molecule has 0 spiro atoms. The fraction of sp³-hybridized carbons (Fsp3) is 0.316. The van der Waals surface area contributed by atoms with Crippen LogP contribution in [0.3, 0.4) is 0 Å². The molecule has 0 aliphatic carbocycles. The van der Waals surface area contributed by atoms with Crippen molar-refractivity contribution >= 4 is 22.7 Å². The Balaban J connectivity index is 1.54. The Labute approximate surface area is 151 Å². The summed E-state index contributed by atoms with van der Waals surface area (Å²) in [5.74, 6) is -0.308. The number of nitrogens with one attached hydrogen (secondary N) is 1. The molecule has 0 amide bonds. The molecular weight excluding hydrogens is 332 g/mol. The highest BCUT2D eigenvalue weighted by molar-refractivity contribution is 5.89. The molecule has 0 aliphatic heterocycles. The lowest BCUT2D eigenvalue weighted by Gasteiger charge is -2.09. The van der Waals surface area contributed by atoms with E-state index in [1.165, 1.54) is 4.57 Å². The average Bonchev–Trinajstić information content (AvgIpc) is 3.06. The third-order valence-corrected chi connectivity index (χ3v) is 4.14. The minimum Gasteiger partial charge on any atom is -0.462 e. The van der Waals surface area contributed by atoms with Gasteiger partial charge in [-0.1, -0.05) is 0 Å². The van der Waals surface area contributed by atoms with Crippen molar-refractivity contribution in [2.24, 2.45) is 7.05 Å². The zero-order chi connectivity index (χ0) is 18.5. The molecule has 136 valence electrons. The van der Waals surface area contributed by atoms with Gasteiger partial charge in [-0.15, -0.1) is 0 Å². The molecule has 2 heterocycles. The molecule has 0 bridgehead atoms. The molecule has 7 nitrogen and oxygen atoms in total. The lowest BCUT2D eigenvalue weighted by molar-refractivity contribution is 0.0526.